The van der Waals surface area contributed by atoms with Gasteiger partial charge in [0.1, 0.15) is 4.60 Å². The minimum Gasteiger partial charge on any atom is -0.368 e. The third-order valence-corrected chi connectivity index (χ3v) is 6.93. The minimum absolute atomic E-state index is 0.310. The zero-order valence-corrected chi connectivity index (χ0v) is 18.0. The van der Waals surface area contributed by atoms with Crippen molar-refractivity contribution in [1.82, 2.24) is 24.4 Å². The molecule has 2 N–H and O–H groups in total. The second-order valence-electron chi connectivity index (χ2n) is 7.23. The molecule has 4 aromatic heterocycles. The number of fused-ring (bicyclic) bond motifs is 2. The molecule has 0 radical (unpaired) electrons. The first-order valence-electron chi connectivity index (χ1n) is 9.53. The van der Waals surface area contributed by atoms with Crippen LogP contribution in [0.2, 0.25) is 0 Å². The molecular weight excluding hydrogens is 436 g/mol. The van der Waals surface area contributed by atoms with Gasteiger partial charge in [-0.15, -0.1) is 11.3 Å². The summed E-state index contributed by atoms with van der Waals surface area (Å²) >= 11 is 5.19. The number of thiophene rings is 1. The number of nitrogens with zero attached hydrogens (tertiary/aromatic N) is 5. The van der Waals surface area contributed by atoms with Crippen LogP contribution in [0.1, 0.15) is 25.8 Å². The quantitative estimate of drug-likeness (QED) is 0.451. The topological polar surface area (TPSA) is 72.9 Å². The number of nitrogen functional groups attached to an aromatic ring is 1. The molecule has 1 aliphatic heterocycles. The fourth-order valence-corrected chi connectivity index (χ4v) is 5.39. The lowest BCUT2D eigenvalue weighted by molar-refractivity contribution is 0.188. The highest BCUT2D eigenvalue weighted by Crippen LogP contribution is 2.38. The highest BCUT2D eigenvalue weighted by Gasteiger charge is 2.24. The van der Waals surface area contributed by atoms with Crippen LogP contribution >= 0.6 is 27.3 Å². The van der Waals surface area contributed by atoms with Crippen molar-refractivity contribution in [3.8, 4) is 11.3 Å². The lowest BCUT2D eigenvalue weighted by atomic mass is 10.1. The summed E-state index contributed by atoms with van der Waals surface area (Å²) in [5.74, 6) is 0.310. The summed E-state index contributed by atoms with van der Waals surface area (Å²) in [6.45, 7) is 5.57. The molecule has 4 aromatic rings. The van der Waals surface area contributed by atoms with Crippen LogP contribution in [0.15, 0.2) is 34.5 Å². The summed E-state index contributed by atoms with van der Waals surface area (Å²) in [6.07, 6.45) is 6.59. The standard InChI is InChI=1S/C20H21BrN6S/c1-2-26-6-3-4-12(10-26)27-11-14(13-8-17(21)23-9-16(13)27)18-19-15(5-7-28-19)24-20(22)25-18/h5,7-9,11-12H,2-4,6,10H2,1H3,(H2,22,24,25). The van der Waals surface area contributed by atoms with Crippen LogP contribution in [0, 0.1) is 0 Å². The van der Waals surface area contributed by atoms with E-state index >= 15 is 0 Å². The van der Waals surface area contributed by atoms with Gasteiger partial charge in [0.15, 0.2) is 0 Å². The first-order valence-corrected chi connectivity index (χ1v) is 11.2. The normalized spacial score (nSPS) is 18.3. The predicted octanol–water partition coefficient (Wildman–Crippen LogP) is 4.71. The number of likely N-dealkylation sites (N-methyl/N-ethyl adjacent to an activating group) is 1. The van der Waals surface area contributed by atoms with E-state index in [2.05, 4.69) is 59.5 Å². The molecule has 8 heteroatoms. The van der Waals surface area contributed by atoms with Gasteiger partial charge in [-0.3, -0.25) is 0 Å². The monoisotopic (exact) mass is 456 g/mol. The molecule has 0 bridgehead atoms. The third kappa shape index (κ3) is 3.00. The number of hydrogen-bond donors (Lipinski definition) is 1. The van der Waals surface area contributed by atoms with Crippen molar-refractivity contribution in [2.45, 2.75) is 25.8 Å². The molecule has 5 rings (SSSR count). The molecule has 0 aliphatic carbocycles. The van der Waals surface area contributed by atoms with Gasteiger partial charge in [0, 0.05) is 29.7 Å². The van der Waals surface area contributed by atoms with E-state index in [4.69, 9.17) is 5.73 Å². The Morgan fingerprint density at radius 2 is 2.25 bits per heavy atom. The third-order valence-electron chi connectivity index (χ3n) is 5.58. The van der Waals surface area contributed by atoms with Crippen molar-refractivity contribution < 1.29 is 0 Å². The number of pyridine rings is 1. The molecule has 0 aromatic carbocycles. The lowest BCUT2D eigenvalue weighted by Crippen LogP contribution is -2.36. The van der Waals surface area contributed by atoms with Gasteiger partial charge in [-0.25, -0.2) is 15.0 Å². The number of hydrogen-bond acceptors (Lipinski definition) is 6. The van der Waals surface area contributed by atoms with Crippen LogP contribution < -0.4 is 5.73 Å². The smallest absolute Gasteiger partial charge is 0.221 e. The van der Waals surface area contributed by atoms with Crippen LogP contribution in [0.5, 0.6) is 0 Å². The second kappa shape index (κ2) is 7.09. The number of rotatable bonds is 3. The molecule has 0 amide bonds. The highest BCUT2D eigenvalue weighted by atomic mass is 79.9. The van der Waals surface area contributed by atoms with Gasteiger partial charge in [0.2, 0.25) is 5.95 Å². The molecule has 1 aliphatic rings. The van der Waals surface area contributed by atoms with Crippen LogP contribution in [-0.4, -0.2) is 44.1 Å². The Kier molecular flexibility index (Phi) is 4.57. The van der Waals surface area contributed by atoms with Crippen LogP contribution in [-0.2, 0) is 0 Å². The maximum atomic E-state index is 6.03. The average Bonchev–Trinajstić information content (AvgIpc) is 3.31. The number of piperidine rings is 1. The Morgan fingerprint density at radius 3 is 3.11 bits per heavy atom. The fourth-order valence-electron chi connectivity index (χ4n) is 4.22. The second-order valence-corrected chi connectivity index (χ2v) is 8.96. The van der Waals surface area contributed by atoms with Gasteiger partial charge >= 0.3 is 0 Å². The Bertz CT molecular complexity index is 1170. The largest absolute Gasteiger partial charge is 0.368 e. The number of halogens is 1. The number of nitrogens with two attached hydrogens (primary N) is 1. The van der Waals surface area contributed by atoms with Gasteiger partial charge in [-0.2, -0.15) is 0 Å². The predicted molar refractivity (Wildman–Crippen MR) is 119 cm³/mol. The summed E-state index contributed by atoms with van der Waals surface area (Å²) in [5.41, 5.74) is 10.1. The van der Waals surface area contributed by atoms with Crippen molar-refractivity contribution in [1.29, 1.82) is 0 Å². The maximum Gasteiger partial charge on any atom is 0.221 e. The van der Waals surface area contributed by atoms with E-state index in [1.807, 2.05) is 17.6 Å². The Hall–Kier alpha value is -2.03. The van der Waals surface area contributed by atoms with Crippen LogP contribution in [0.4, 0.5) is 5.95 Å². The van der Waals surface area contributed by atoms with Crippen molar-refractivity contribution in [2.24, 2.45) is 0 Å². The minimum atomic E-state index is 0.310. The van der Waals surface area contributed by atoms with E-state index in [1.165, 1.54) is 19.4 Å². The maximum absolute atomic E-state index is 6.03. The van der Waals surface area contributed by atoms with Gasteiger partial charge in [-0.1, -0.05) is 6.92 Å². The number of anilines is 1. The molecule has 28 heavy (non-hydrogen) atoms. The van der Waals surface area contributed by atoms with Crippen LogP contribution in [0.25, 0.3) is 32.4 Å². The average molecular weight is 457 g/mol. The number of likely N-dealkylation sites (tertiary alicyclic amines) is 1. The van der Waals surface area contributed by atoms with Crippen molar-refractivity contribution in [2.75, 3.05) is 25.4 Å². The van der Waals surface area contributed by atoms with E-state index in [0.717, 1.165) is 50.1 Å². The van der Waals surface area contributed by atoms with Gasteiger partial charge in [-0.05, 0) is 59.4 Å². The number of aromatic nitrogens is 4. The van der Waals surface area contributed by atoms with E-state index in [0.29, 0.717) is 12.0 Å². The first kappa shape index (κ1) is 18.0. The Labute approximate surface area is 175 Å². The van der Waals surface area contributed by atoms with E-state index in [9.17, 15) is 0 Å². The van der Waals surface area contributed by atoms with E-state index in [1.54, 1.807) is 11.3 Å². The molecule has 1 fully saturated rings. The first-order chi connectivity index (χ1) is 13.6. The van der Waals surface area contributed by atoms with Crippen molar-refractivity contribution in [3.05, 3.63) is 34.5 Å². The molecule has 0 spiro atoms. The summed E-state index contributed by atoms with van der Waals surface area (Å²) < 4.78 is 4.28. The SMILES string of the molecule is CCN1CCCC(n2cc(-c3nc(N)nc4ccsc34)c3cc(Br)ncc32)C1. The lowest BCUT2D eigenvalue weighted by Gasteiger charge is -2.33. The van der Waals surface area contributed by atoms with E-state index in [-0.39, 0.29) is 0 Å². The molecule has 0 saturated carbocycles. The van der Waals surface area contributed by atoms with Crippen molar-refractivity contribution in [3.63, 3.8) is 0 Å². The molecule has 1 unspecified atom stereocenters. The molecule has 144 valence electrons. The highest BCUT2D eigenvalue weighted by molar-refractivity contribution is 9.10. The van der Waals surface area contributed by atoms with Crippen LogP contribution in [0.3, 0.4) is 0 Å². The molecule has 1 atom stereocenters. The van der Waals surface area contributed by atoms with Gasteiger partial charge in [0.05, 0.1) is 27.6 Å². The zero-order valence-electron chi connectivity index (χ0n) is 15.6. The van der Waals surface area contributed by atoms with Crippen molar-refractivity contribution >= 4 is 54.3 Å². The fraction of sp³-hybridized carbons (Fsp3) is 0.350. The summed E-state index contributed by atoms with van der Waals surface area (Å²) in [5, 5.41) is 3.18. The van der Waals surface area contributed by atoms with Gasteiger partial charge < -0.3 is 15.2 Å². The molecule has 5 heterocycles. The Morgan fingerprint density at radius 1 is 1.36 bits per heavy atom. The summed E-state index contributed by atoms with van der Waals surface area (Å²) in [4.78, 5) is 16.0. The molecule has 1 saturated heterocycles. The van der Waals surface area contributed by atoms with Gasteiger partial charge in [0.25, 0.3) is 0 Å². The van der Waals surface area contributed by atoms with E-state index < -0.39 is 0 Å². The molecular formula is C20H21BrN6S. The summed E-state index contributed by atoms with van der Waals surface area (Å²) in [6, 6.07) is 4.52. The zero-order chi connectivity index (χ0) is 19.3. The molecule has 6 nitrogen and oxygen atoms in total. The summed E-state index contributed by atoms with van der Waals surface area (Å²) in [7, 11) is 0. The Balaban J connectivity index is 1.73.